The molecule has 116 valence electrons. The Hall–Kier alpha value is -2.61. The van der Waals surface area contributed by atoms with Crippen LogP contribution in [0.25, 0.3) is 17.0 Å². The molecule has 4 heterocycles. The Bertz CT molecular complexity index is 969. The highest BCUT2D eigenvalue weighted by Gasteiger charge is 2.31. The summed E-state index contributed by atoms with van der Waals surface area (Å²) in [4.78, 5) is 8.91. The second kappa shape index (κ2) is 4.95. The highest BCUT2D eigenvalue weighted by atomic mass is 32.1. The molecule has 23 heavy (non-hydrogen) atoms. The zero-order valence-corrected chi connectivity index (χ0v) is 13.7. The van der Waals surface area contributed by atoms with E-state index in [1.807, 2.05) is 44.6 Å². The van der Waals surface area contributed by atoms with Crippen molar-refractivity contribution in [1.82, 2.24) is 29.1 Å². The van der Waals surface area contributed by atoms with Gasteiger partial charge in [-0.1, -0.05) is 5.16 Å². The summed E-state index contributed by atoms with van der Waals surface area (Å²) in [6.45, 7) is 6.00. The maximum Gasteiger partial charge on any atom is 0.237 e. The van der Waals surface area contributed by atoms with Gasteiger partial charge in [0.25, 0.3) is 0 Å². The molecule has 0 aliphatic heterocycles. The fourth-order valence-corrected chi connectivity index (χ4v) is 3.05. The molecule has 0 atom stereocenters. The lowest BCUT2D eigenvalue weighted by atomic mass is 9.87. The summed E-state index contributed by atoms with van der Waals surface area (Å²) >= 11 is 1.41. The monoisotopic (exact) mass is 326 g/mol. The first-order chi connectivity index (χ1) is 11.0. The summed E-state index contributed by atoms with van der Waals surface area (Å²) in [7, 11) is 0. The summed E-state index contributed by atoms with van der Waals surface area (Å²) in [6.07, 6.45) is 5.40. The van der Waals surface area contributed by atoms with Gasteiger partial charge in [-0.15, -0.1) is 0 Å². The molecule has 4 aromatic rings. The van der Waals surface area contributed by atoms with Crippen LogP contribution in [0, 0.1) is 6.92 Å². The van der Waals surface area contributed by atoms with Crippen molar-refractivity contribution in [2.24, 2.45) is 0 Å². The van der Waals surface area contributed by atoms with Crippen LogP contribution in [0.4, 0.5) is 0 Å². The average molecular weight is 326 g/mol. The summed E-state index contributed by atoms with van der Waals surface area (Å²) in [5, 5.41) is 10.4. The van der Waals surface area contributed by atoms with E-state index in [1.54, 1.807) is 10.7 Å². The van der Waals surface area contributed by atoms with E-state index in [2.05, 4.69) is 24.6 Å². The Balaban J connectivity index is 1.74. The van der Waals surface area contributed by atoms with Crippen LogP contribution < -0.4 is 0 Å². The molecule has 0 bridgehead atoms. The second-order valence-corrected chi connectivity index (χ2v) is 6.55. The molecule has 0 saturated carbocycles. The molecule has 0 aromatic carbocycles. The lowest BCUT2D eigenvalue weighted by molar-refractivity contribution is 0.333. The van der Waals surface area contributed by atoms with E-state index in [0.717, 1.165) is 22.5 Å². The molecular formula is C15H14N6OS. The molecule has 0 unspecified atom stereocenters. The van der Waals surface area contributed by atoms with Crippen molar-refractivity contribution in [3.8, 4) is 11.4 Å². The molecule has 4 rings (SSSR count). The molecule has 0 saturated heterocycles. The topological polar surface area (TPSA) is 82.0 Å². The fourth-order valence-electron chi connectivity index (χ4n) is 2.34. The van der Waals surface area contributed by atoms with E-state index in [9.17, 15) is 0 Å². The zero-order valence-electron chi connectivity index (χ0n) is 12.9. The quantitative estimate of drug-likeness (QED) is 0.576. The van der Waals surface area contributed by atoms with Crippen molar-refractivity contribution in [3.63, 3.8) is 0 Å². The second-order valence-electron chi connectivity index (χ2n) is 5.89. The minimum Gasteiger partial charge on any atom is -0.338 e. The van der Waals surface area contributed by atoms with Crippen molar-refractivity contribution >= 4 is 17.2 Å². The van der Waals surface area contributed by atoms with Crippen LogP contribution >= 0.6 is 11.5 Å². The molecule has 7 nitrogen and oxygen atoms in total. The van der Waals surface area contributed by atoms with Crippen molar-refractivity contribution in [1.29, 1.82) is 0 Å². The van der Waals surface area contributed by atoms with Crippen LogP contribution in [0.1, 0.15) is 31.0 Å². The van der Waals surface area contributed by atoms with Crippen LogP contribution in [0.5, 0.6) is 0 Å². The van der Waals surface area contributed by atoms with E-state index in [-0.39, 0.29) is 0 Å². The molecule has 0 aliphatic rings. The maximum atomic E-state index is 5.48. The molecule has 8 heteroatoms. The van der Waals surface area contributed by atoms with Gasteiger partial charge in [0.1, 0.15) is 0 Å². The molecule has 0 spiro atoms. The van der Waals surface area contributed by atoms with Gasteiger partial charge in [-0.3, -0.25) is 0 Å². The smallest absolute Gasteiger partial charge is 0.237 e. The first-order valence-electron chi connectivity index (χ1n) is 7.10. The largest absolute Gasteiger partial charge is 0.338 e. The first-order valence-corrected chi connectivity index (χ1v) is 7.94. The fraction of sp³-hybridized carbons (Fsp3) is 0.267. The van der Waals surface area contributed by atoms with Gasteiger partial charge in [-0.05, 0) is 37.9 Å². The van der Waals surface area contributed by atoms with E-state index in [0.29, 0.717) is 11.7 Å². The number of nitrogens with zero attached hydrogens (tertiary/aromatic N) is 6. The Labute approximate surface area is 136 Å². The van der Waals surface area contributed by atoms with E-state index >= 15 is 0 Å². The lowest BCUT2D eigenvalue weighted by Crippen LogP contribution is -2.18. The van der Waals surface area contributed by atoms with Crippen molar-refractivity contribution in [2.75, 3.05) is 0 Å². The lowest BCUT2D eigenvalue weighted by Gasteiger charge is -2.17. The zero-order chi connectivity index (χ0) is 16.0. The molecule has 0 N–H and O–H groups in total. The van der Waals surface area contributed by atoms with E-state index in [1.165, 1.54) is 11.5 Å². The normalized spacial score (nSPS) is 12.1. The van der Waals surface area contributed by atoms with Gasteiger partial charge in [0, 0.05) is 30.0 Å². The summed E-state index contributed by atoms with van der Waals surface area (Å²) in [5.74, 6) is 1.04. The molecule has 4 aromatic heterocycles. The van der Waals surface area contributed by atoms with Gasteiger partial charge in [0.15, 0.2) is 5.65 Å². The van der Waals surface area contributed by atoms with Crippen molar-refractivity contribution in [2.45, 2.75) is 26.2 Å². The SMILES string of the molecule is Cc1cc2ncc(-c3noc(C(C)(C)c4cnsc4)n3)cn2n1. The summed E-state index contributed by atoms with van der Waals surface area (Å²) < 4.78 is 11.3. The summed E-state index contributed by atoms with van der Waals surface area (Å²) in [6, 6.07) is 1.91. The number of fused-ring (bicyclic) bond motifs is 1. The predicted octanol–water partition coefficient (Wildman–Crippen LogP) is 2.87. The highest BCUT2D eigenvalue weighted by Crippen LogP contribution is 2.31. The Morgan fingerprint density at radius 3 is 2.91 bits per heavy atom. The first kappa shape index (κ1) is 14.0. The number of aryl methyl sites for hydroxylation is 1. The molecule has 0 amide bonds. The van der Waals surface area contributed by atoms with Crippen molar-refractivity contribution < 1.29 is 4.52 Å². The Morgan fingerprint density at radius 1 is 1.26 bits per heavy atom. The molecule has 0 fully saturated rings. The predicted molar refractivity (Wildman–Crippen MR) is 85.3 cm³/mol. The van der Waals surface area contributed by atoms with Gasteiger partial charge >= 0.3 is 0 Å². The Kier molecular flexibility index (Phi) is 3.02. The Morgan fingerprint density at radius 2 is 2.13 bits per heavy atom. The van der Waals surface area contributed by atoms with E-state index < -0.39 is 5.41 Å². The average Bonchev–Trinajstić information content (AvgIpc) is 3.26. The van der Waals surface area contributed by atoms with Gasteiger partial charge in [-0.25, -0.2) is 13.9 Å². The van der Waals surface area contributed by atoms with Crippen LogP contribution in [0.3, 0.4) is 0 Å². The molecule has 0 aliphatic carbocycles. The number of hydrogen-bond acceptors (Lipinski definition) is 7. The number of hydrogen-bond donors (Lipinski definition) is 0. The maximum absolute atomic E-state index is 5.48. The van der Waals surface area contributed by atoms with Gasteiger partial charge in [0.05, 0.1) is 16.7 Å². The highest BCUT2D eigenvalue weighted by molar-refractivity contribution is 7.03. The van der Waals surface area contributed by atoms with Crippen molar-refractivity contribution in [3.05, 3.63) is 47.2 Å². The van der Waals surface area contributed by atoms with Gasteiger partial charge in [-0.2, -0.15) is 10.1 Å². The van der Waals surface area contributed by atoms with E-state index in [4.69, 9.17) is 4.52 Å². The van der Waals surface area contributed by atoms with Crippen LogP contribution in [-0.4, -0.2) is 29.1 Å². The third-order valence-electron chi connectivity index (χ3n) is 3.81. The minimum atomic E-state index is -0.391. The third kappa shape index (κ3) is 2.31. The molecular weight excluding hydrogens is 312 g/mol. The van der Waals surface area contributed by atoms with Crippen LogP contribution in [-0.2, 0) is 5.41 Å². The van der Waals surface area contributed by atoms with Crippen LogP contribution in [0.15, 0.2) is 34.6 Å². The van der Waals surface area contributed by atoms with Gasteiger partial charge in [0.2, 0.25) is 11.7 Å². The number of aromatic nitrogens is 6. The summed E-state index contributed by atoms with van der Waals surface area (Å²) in [5.41, 5.74) is 3.12. The number of rotatable bonds is 3. The standard InChI is InChI=1S/C15H14N6OS/c1-9-4-12-16-5-10(7-21(12)19-9)13-18-14(22-20-13)15(2,3)11-6-17-23-8-11/h4-8H,1-3H3. The van der Waals surface area contributed by atoms with Gasteiger partial charge < -0.3 is 4.52 Å². The van der Waals surface area contributed by atoms with Crippen LogP contribution in [0.2, 0.25) is 0 Å². The molecule has 0 radical (unpaired) electrons. The minimum absolute atomic E-state index is 0.391. The third-order valence-corrected chi connectivity index (χ3v) is 4.39.